The Balaban J connectivity index is 2.98. The molecule has 0 aliphatic carbocycles. The van der Waals surface area contributed by atoms with Crippen molar-refractivity contribution in [1.29, 1.82) is 0 Å². The number of hydrogen-bond acceptors (Lipinski definition) is 1. The van der Waals surface area contributed by atoms with Crippen LogP contribution in [0.1, 0.15) is 26.2 Å². The number of nitrogens with one attached hydrogen (secondary N) is 1. The number of unbranched alkanes of at least 4 members (excludes halogenated alkanes) is 1. The lowest BCUT2D eigenvalue weighted by Gasteiger charge is -1.98. The van der Waals surface area contributed by atoms with E-state index in [0.717, 1.165) is 19.3 Å². The summed E-state index contributed by atoms with van der Waals surface area (Å²) in [6.45, 7) is 2.09. The minimum absolute atomic E-state index is 0.241. The average molecular weight is 115 g/mol. The maximum atomic E-state index is 8.19. The van der Waals surface area contributed by atoms with Crippen molar-refractivity contribution in [2.45, 2.75) is 32.4 Å². The van der Waals surface area contributed by atoms with Gasteiger partial charge in [-0.15, -0.1) is 0 Å². The molecule has 0 saturated carbocycles. The van der Waals surface area contributed by atoms with Gasteiger partial charge in [-0.25, -0.2) is 0 Å². The van der Waals surface area contributed by atoms with Crippen LogP contribution in [0.5, 0.6) is 0 Å². The van der Waals surface area contributed by atoms with E-state index in [4.69, 9.17) is 11.3 Å². The van der Waals surface area contributed by atoms with Gasteiger partial charge in [0.25, 0.3) is 0 Å². The van der Waals surface area contributed by atoms with Crippen LogP contribution in [0, 0.1) is 0 Å². The second-order valence-corrected chi connectivity index (χ2v) is 1.88. The highest BCUT2D eigenvalue weighted by atomic mass is 15.1. The Morgan fingerprint density at radius 1 is 1.75 bits per heavy atom. The zero-order valence-electron chi connectivity index (χ0n) is 5.22. The SMILES string of the molecule is CCCCC(N)[NH+]=[N-]. The van der Waals surface area contributed by atoms with Crippen molar-refractivity contribution in [1.82, 2.24) is 0 Å². The first-order valence-electron chi connectivity index (χ1n) is 2.96. The summed E-state index contributed by atoms with van der Waals surface area (Å²) in [5.41, 5.74) is 13.5. The molecule has 48 valence electrons. The fraction of sp³-hybridized carbons (Fsp3) is 1.00. The number of nitrogens with two attached hydrogens (primary N) is 1. The largest absolute Gasteiger partial charge is 0.507 e. The number of hydrogen-bond donors (Lipinski definition) is 2. The first kappa shape index (κ1) is 7.56. The molecule has 1 unspecified atom stereocenters. The molecular weight excluding hydrogens is 102 g/mol. The molecule has 0 saturated heterocycles. The van der Waals surface area contributed by atoms with Gasteiger partial charge in [0.2, 0.25) is 0 Å². The van der Waals surface area contributed by atoms with Crippen molar-refractivity contribution in [2.24, 2.45) is 5.73 Å². The molecule has 0 aromatic heterocycles. The third-order valence-corrected chi connectivity index (χ3v) is 1.03. The summed E-state index contributed by atoms with van der Waals surface area (Å²) in [5, 5.41) is 1.98. The van der Waals surface area contributed by atoms with E-state index < -0.39 is 0 Å². The molecule has 0 radical (unpaired) electrons. The normalized spacial score (nSPS) is 13.2. The molecule has 0 heterocycles. The van der Waals surface area contributed by atoms with Gasteiger partial charge in [0, 0.05) is 6.42 Å². The van der Waals surface area contributed by atoms with Gasteiger partial charge in [0.05, 0.1) is 0 Å². The van der Waals surface area contributed by atoms with Crippen LogP contribution in [0.25, 0.3) is 5.53 Å². The second-order valence-electron chi connectivity index (χ2n) is 1.88. The number of nitrogens with zero attached hydrogens (tertiary/aromatic N) is 1. The van der Waals surface area contributed by atoms with Crippen LogP contribution in [0.2, 0.25) is 0 Å². The quantitative estimate of drug-likeness (QED) is 0.379. The van der Waals surface area contributed by atoms with E-state index in [1.165, 1.54) is 0 Å². The first-order chi connectivity index (χ1) is 3.81. The molecule has 0 rings (SSSR count). The Kier molecular flexibility index (Phi) is 4.45. The van der Waals surface area contributed by atoms with Crippen molar-refractivity contribution in [3.05, 3.63) is 5.53 Å². The van der Waals surface area contributed by atoms with Gasteiger partial charge in [-0.3, -0.25) is 5.73 Å². The molecule has 0 aliphatic rings. The molecule has 0 aromatic carbocycles. The maximum Gasteiger partial charge on any atom is 0.191 e. The Bertz CT molecular complexity index is 62.7. The van der Waals surface area contributed by atoms with E-state index >= 15 is 0 Å². The van der Waals surface area contributed by atoms with Crippen molar-refractivity contribution in [3.63, 3.8) is 0 Å². The Labute approximate surface area is 49.8 Å². The summed E-state index contributed by atoms with van der Waals surface area (Å²) in [6, 6.07) is 0. The number of rotatable bonds is 4. The molecular formula is C5H13N3. The van der Waals surface area contributed by atoms with Gasteiger partial charge in [-0.1, -0.05) is 13.3 Å². The Morgan fingerprint density at radius 3 is 2.75 bits per heavy atom. The highest BCUT2D eigenvalue weighted by Gasteiger charge is 1.96. The topological polar surface area (TPSA) is 62.3 Å². The average Bonchev–Trinajstić information content (AvgIpc) is 1.83. The lowest BCUT2D eigenvalue weighted by Crippen LogP contribution is -2.75. The lowest BCUT2D eigenvalue weighted by molar-refractivity contribution is -0.525. The van der Waals surface area contributed by atoms with E-state index in [1.807, 2.05) is 5.11 Å². The first-order valence-corrected chi connectivity index (χ1v) is 2.96. The zero-order chi connectivity index (χ0) is 6.41. The lowest BCUT2D eigenvalue weighted by atomic mass is 10.2. The molecule has 3 heteroatoms. The predicted molar refractivity (Wildman–Crippen MR) is 31.8 cm³/mol. The van der Waals surface area contributed by atoms with Gasteiger partial charge in [-0.05, 0) is 6.42 Å². The molecule has 0 spiro atoms. The highest BCUT2D eigenvalue weighted by molar-refractivity contribution is 4.41. The van der Waals surface area contributed by atoms with Gasteiger partial charge < -0.3 is 10.6 Å². The minimum Gasteiger partial charge on any atom is -0.507 e. The molecule has 8 heavy (non-hydrogen) atoms. The van der Waals surface area contributed by atoms with E-state index in [9.17, 15) is 0 Å². The smallest absolute Gasteiger partial charge is 0.191 e. The molecule has 0 aliphatic heterocycles. The van der Waals surface area contributed by atoms with Crippen LogP contribution in [0.4, 0.5) is 0 Å². The van der Waals surface area contributed by atoms with Crippen LogP contribution in [0.3, 0.4) is 0 Å². The van der Waals surface area contributed by atoms with Crippen LogP contribution in [-0.4, -0.2) is 6.17 Å². The molecule has 3 N–H and O–H groups in total. The fourth-order valence-corrected chi connectivity index (χ4v) is 0.489. The summed E-state index contributed by atoms with van der Waals surface area (Å²) in [4.78, 5) is 0. The molecule has 1 atom stereocenters. The van der Waals surface area contributed by atoms with Crippen LogP contribution < -0.4 is 10.8 Å². The van der Waals surface area contributed by atoms with Crippen molar-refractivity contribution < 1.29 is 5.11 Å². The van der Waals surface area contributed by atoms with Crippen molar-refractivity contribution in [3.8, 4) is 0 Å². The van der Waals surface area contributed by atoms with Gasteiger partial charge >= 0.3 is 0 Å². The second kappa shape index (κ2) is 4.71. The van der Waals surface area contributed by atoms with E-state index in [2.05, 4.69) is 6.92 Å². The highest BCUT2D eigenvalue weighted by Crippen LogP contribution is 1.91. The molecule has 3 nitrogen and oxygen atoms in total. The van der Waals surface area contributed by atoms with E-state index in [0.29, 0.717) is 0 Å². The van der Waals surface area contributed by atoms with Crippen LogP contribution in [-0.2, 0) is 0 Å². The van der Waals surface area contributed by atoms with Crippen LogP contribution >= 0.6 is 0 Å². The standard InChI is InChI=1S/C5H13N3/c1-2-3-4-5(6)8-7/h5,8H,2-4,6H2,1H3. The van der Waals surface area contributed by atoms with Gasteiger partial charge in [-0.2, -0.15) is 0 Å². The third kappa shape index (κ3) is 3.74. The van der Waals surface area contributed by atoms with Gasteiger partial charge in [0.15, 0.2) is 6.17 Å². The third-order valence-electron chi connectivity index (χ3n) is 1.03. The summed E-state index contributed by atoms with van der Waals surface area (Å²) < 4.78 is 0. The molecule has 0 amide bonds. The predicted octanol–water partition coefficient (Wildman–Crippen LogP) is -0.436. The summed E-state index contributed by atoms with van der Waals surface area (Å²) in [6.07, 6.45) is 2.78. The van der Waals surface area contributed by atoms with E-state index in [-0.39, 0.29) is 6.17 Å². The Hall–Kier alpha value is -0.440. The Morgan fingerprint density at radius 2 is 2.38 bits per heavy atom. The summed E-state index contributed by atoms with van der Waals surface area (Å²) in [7, 11) is 0. The van der Waals surface area contributed by atoms with Crippen LogP contribution in [0.15, 0.2) is 0 Å². The molecule has 0 fully saturated rings. The van der Waals surface area contributed by atoms with E-state index in [1.54, 1.807) is 0 Å². The van der Waals surface area contributed by atoms with Gasteiger partial charge in [0.1, 0.15) is 0 Å². The van der Waals surface area contributed by atoms with Crippen molar-refractivity contribution in [2.75, 3.05) is 0 Å². The minimum atomic E-state index is -0.241. The molecule has 0 aromatic rings. The fourth-order valence-electron chi connectivity index (χ4n) is 0.489. The maximum absolute atomic E-state index is 8.19. The monoisotopic (exact) mass is 115 g/mol. The summed E-state index contributed by atoms with van der Waals surface area (Å²) in [5.74, 6) is 0. The van der Waals surface area contributed by atoms with Crippen molar-refractivity contribution >= 4 is 0 Å². The zero-order valence-corrected chi connectivity index (χ0v) is 5.22. The molecule has 0 bridgehead atoms. The summed E-state index contributed by atoms with van der Waals surface area (Å²) >= 11 is 0.